The highest BCUT2D eigenvalue weighted by atomic mass is 16.5. The number of aliphatic hydroxyl groups is 1. The average molecular weight is 471 g/mol. The van der Waals surface area contributed by atoms with E-state index in [1.165, 1.54) is 6.07 Å². The fraction of sp³-hybridized carbons (Fsp3) is 0.577. The minimum atomic E-state index is -0.838. The molecule has 1 aliphatic heterocycles. The van der Waals surface area contributed by atoms with Crippen LogP contribution < -0.4 is 15.7 Å². The number of hydrogen-bond donors (Lipinski definition) is 2. The highest BCUT2D eigenvalue weighted by Crippen LogP contribution is 2.39. The first-order valence-corrected chi connectivity index (χ1v) is 12.2. The summed E-state index contributed by atoms with van der Waals surface area (Å²) in [6.07, 6.45) is 4.31. The van der Waals surface area contributed by atoms with Gasteiger partial charge in [-0.15, -0.1) is 0 Å². The Morgan fingerprint density at radius 3 is 2.88 bits per heavy atom. The Morgan fingerprint density at radius 2 is 2.12 bits per heavy atom. The molecule has 3 atom stereocenters. The summed E-state index contributed by atoms with van der Waals surface area (Å²) in [6, 6.07) is 5.09. The number of nitrogens with zero attached hydrogens (tertiary/aromatic N) is 1. The van der Waals surface area contributed by atoms with Crippen LogP contribution in [-0.4, -0.2) is 53.2 Å². The summed E-state index contributed by atoms with van der Waals surface area (Å²) in [5, 5.41) is 14.3. The van der Waals surface area contributed by atoms with E-state index >= 15 is 0 Å². The molecule has 1 saturated heterocycles. The van der Waals surface area contributed by atoms with Gasteiger partial charge in [0.25, 0.3) is 5.91 Å². The van der Waals surface area contributed by atoms with Crippen molar-refractivity contribution in [2.24, 2.45) is 5.92 Å². The molecule has 1 saturated carbocycles. The molecule has 184 valence electrons. The van der Waals surface area contributed by atoms with Crippen LogP contribution in [0.3, 0.4) is 0 Å². The molecular formula is C26H34N2O6. The summed E-state index contributed by atoms with van der Waals surface area (Å²) < 4.78 is 11.3. The summed E-state index contributed by atoms with van der Waals surface area (Å²) in [7, 11) is 0. The number of carbonyl (C=O) groups excluding carboxylic acids is 2. The monoisotopic (exact) mass is 470 g/mol. The van der Waals surface area contributed by atoms with Crippen molar-refractivity contribution in [2.45, 2.75) is 71.0 Å². The van der Waals surface area contributed by atoms with Gasteiger partial charge >= 0.3 is 5.63 Å². The van der Waals surface area contributed by atoms with E-state index in [9.17, 15) is 19.5 Å². The van der Waals surface area contributed by atoms with Crippen molar-refractivity contribution in [3.8, 4) is 5.75 Å². The zero-order valence-electron chi connectivity index (χ0n) is 20.2. The number of likely N-dealkylation sites (tertiary alicyclic amines) is 1. The largest absolute Gasteiger partial charge is 0.480 e. The third-order valence-electron chi connectivity index (χ3n) is 7.44. The van der Waals surface area contributed by atoms with Crippen molar-refractivity contribution in [2.75, 3.05) is 19.6 Å². The number of ether oxygens (including phenoxy) is 1. The van der Waals surface area contributed by atoms with Crippen LogP contribution in [0.1, 0.15) is 57.1 Å². The molecule has 0 spiro atoms. The lowest BCUT2D eigenvalue weighted by molar-refractivity contribution is -0.144. The van der Waals surface area contributed by atoms with Crippen LogP contribution >= 0.6 is 0 Å². The molecule has 0 radical (unpaired) electrons. The molecular weight excluding hydrogens is 436 g/mol. The fourth-order valence-electron chi connectivity index (χ4n) is 5.29. The van der Waals surface area contributed by atoms with Gasteiger partial charge in [0.05, 0.1) is 12.1 Å². The first-order valence-electron chi connectivity index (χ1n) is 12.2. The SMILES string of the molecule is CCc1cc(=O)oc2c(C)c(OC(C)C(=O)NCC(=O)N3CCC4(O)CCCCC4C3)ccc12. The van der Waals surface area contributed by atoms with Crippen molar-refractivity contribution in [1.29, 1.82) is 0 Å². The Hall–Kier alpha value is -2.87. The number of hydrogen-bond acceptors (Lipinski definition) is 6. The molecule has 1 aliphatic carbocycles. The molecule has 4 rings (SSSR count). The third kappa shape index (κ3) is 4.82. The van der Waals surface area contributed by atoms with E-state index in [0.29, 0.717) is 42.8 Å². The van der Waals surface area contributed by atoms with Gasteiger partial charge < -0.3 is 24.5 Å². The predicted molar refractivity (Wildman–Crippen MR) is 128 cm³/mol. The standard InChI is InChI=1S/C26H34N2O6/c1-4-18-13-23(30)34-24-16(2)21(9-8-20(18)24)33-17(3)25(31)27-14-22(29)28-12-11-26(32)10-6-5-7-19(26)15-28/h8-9,13,17,19,32H,4-7,10-12,14-15H2,1-3H3,(H,27,31). The van der Waals surface area contributed by atoms with E-state index in [1.54, 1.807) is 24.8 Å². The fourth-order valence-corrected chi connectivity index (χ4v) is 5.29. The second-order valence-corrected chi connectivity index (χ2v) is 9.62. The van der Waals surface area contributed by atoms with E-state index in [-0.39, 0.29) is 18.4 Å². The molecule has 3 unspecified atom stereocenters. The smallest absolute Gasteiger partial charge is 0.336 e. The number of carbonyl (C=O) groups is 2. The Kier molecular flexibility index (Phi) is 6.98. The van der Waals surface area contributed by atoms with Crippen LogP contribution in [0, 0.1) is 12.8 Å². The van der Waals surface area contributed by atoms with Crippen molar-refractivity contribution < 1.29 is 23.8 Å². The van der Waals surface area contributed by atoms with Crippen LogP contribution in [0.25, 0.3) is 11.0 Å². The summed E-state index contributed by atoms with van der Waals surface area (Å²) in [5.74, 6) is 0.0123. The van der Waals surface area contributed by atoms with Gasteiger partial charge in [-0.1, -0.05) is 19.8 Å². The van der Waals surface area contributed by atoms with Crippen LogP contribution in [-0.2, 0) is 16.0 Å². The molecule has 1 aromatic carbocycles. The maximum absolute atomic E-state index is 12.7. The zero-order valence-corrected chi connectivity index (χ0v) is 20.2. The van der Waals surface area contributed by atoms with Crippen LogP contribution in [0.2, 0.25) is 0 Å². The molecule has 2 N–H and O–H groups in total. The summed E-state index contributed by atoms with van der Waals surface area (Å²) in [5.41, 5.74) is 0.939. The van der Waals surface area contributed by atoms with E-state index in [2.05, 4.69) is 5.32 Å². The molecule has 2 fully saturated rings. The molecule has 2 aromatic rings. The topological polar surface area (TPSA) is 109 Å². The first-order chi connectivity index (χ1) is 16.2. The summed E-state index contributed by atoms with van der Waals surface area (Å²) in [4.78, 5) is 39.0. The van der Waals surface area contributed by atoms with E-state index in [1.807, 2.05) is 13.0 Å². The molecule has 0 bridgehead atoms. The lowest BCUT2D eigenvalue weighted by Gasteiger charge is -2.47. The molecule has 2 heterocycles. The van der Waals surface area contributed by atoms with Gasteiger partial charge in [-0.3, -0.25) is 9.59 Å². The Balaban J connectivity index is 1.35. The van der Waals surface area contributed by atoms with Gasteiger partial charge in [-0.05, 0) is 57.2 Å². The van der Waals surface area contributed by atoms with E-state index in [4.69, 9.17) is 9.15 Å². The normalized spacial score (nSPS) is 23.3. The number of fused-ring (bicyclic) bond motifs is 2. The van der Waals surface area contributed by atoms with Crippen molar-refractivity contribution in [3.05, 3.63) is 39.7 Å². The minimum absolute atomic E-state index is 0.108. The molecule has 2 amide bonds. The molecule has 1 aromatic heterocycles. The molecule has 8 heteroatoms. The Morgan fingerprint density at radius 1 is 1.32 bits per heavy atom. The highest BCUT2D eigenvalue weighted by Gasteiger charge is 2.43. The van der Waals surface area contributed by atoms with Gasteiger partial charge in [0.2, 0.25) is 5.91 Å². The van der Waals surface area contributed by atoms with Gasteiger partial charge in [-0.25, -0.2) is 4.79 Å². The average Bonchev–Trinajstić information content (AvgIpc) is 2.83. The number of piperidine rings is 1. The Labute approximate surface area is 199 Å². The van der Waals surface area contributed by atoms with Crippen molar-refractivity contribution in [1.82, 2.24) is 10.2 Å². The lowest BCUT2D eigenvalue weighted by atomic mass is 9.71. The van der Waals surface area contributed by atoms with Crippen LogP contribution in [0.15, 0.2) is 27.4 Å². The van der Waals surface area contributed by atoms with Crippen molar-refractivity contribution in [3.63, 3.8) is 0 Å². The second kappa shape index (κ2) is 9.78. The van der Waals surface area contributed by atoms with Crippen LogP contribution in [0.5, 0.6) is 5.75 Å². The minimum Gasteiger partial charge on any atom is -0.480 e. The predicted octanol–water partition coefficient (Wildman–Crippen LogP) is 2.70. The third-order valence-corrected chi connectivity index (χ3v) is 7.44. The zero-order chi connectivity index (χ0) is 24.5. The first kappa shape index (κ1) is 24.3. The molecule has 2 aliphatic rings. The van der Waals surface area contributed by atoms with Gasteiger partial charge in [0.15, 0.2) is 6.10 Å². The maximum atomic E-state index is 12.7. The summed E-state index contributed by atoms with van der Waals surface area (Å²) in [6.45, 7) is 6.32. The van der Waals surface area contributed by atoms with E-state index in [0.717, 1.165) is 36.6 Å². The van der Waals surface area contributed by atoms with Crippen LogP contribution in [0.4, 0.5) is 0 Å². The number of nitrogens with one attached hydrogen (secondary N) is 1. The Bertz CT molecular complexity index is 1140. The molecule has 34 heavy (non-hydrogen) atoms. The quantitative estimate of drug-likeness (QED) is 0.629. The number of benzene rings is 1. The number of rotatable bonds is 6. The van der Waals surface area contributed by atoms with E-state index < -0.39 is 23.2 Å². The highest BCUT2D eigenvalue weighted by molar-refractivity contribution is 5.88. The lowest BCUT2D eigenvalue weighted by Crippen LogP contribution is -2.56. The van der Waals surface area contributed by atoms with Gasteiger partial charge in [0.1, 0.15) is 11.3 Å². The maximum Gasteiger partial charge on any atom is 0.336 e. The second-order valence-electron chi connectivity index (χ2n) is 9.62. The number of aryl methyl sites for hydroxylation is 2. The summed E-state index contributed by atoms with van der Waals surface area (Å²) >= 11 is 0. The molecule has 8 nitrogen and oxygen atoms in total. The van der Waals surface area contributed by atoms with Crippen molar-refractivity contribution >= 4 is 22.8 Å². The van der Waals surface area contributed by atoms with Gasteiger partial charge in [-0.2, -0.15) is 0 Å². The number of amides is 2. The van der Waals surface area contributed by atoms with Gasteiger partial charge in [0, 0.05) is 36.0 Å².